The van der Waals surface area contributed by atoms with Crippen molar-refractivity contribution >= 4 is 58.4 Å². The highest BCUT2D eigenvalue weighted by atomic mass is 16.6. The maximum Gasteiger partial charge on any atom is 0.417 e. The third-order valence-corrected chi connectivity index (χ3v) is 8.65. The van der Waals surface area contributed by atoms with Gasteiger partial charge in [0, 0.05) is 47.1 Å². The van der Waals surface area contributed by atoms with Crippen LogP contribution in [0.5, 0.6) is 34.5 Å². The van der Waals surface area contributed by atoms with Crippen molar-refractivity contribution in [3.05, 3.63) is 146 Å². The van der Waals surface area contributed by atoms with Crippen LogP contribution in [0.25, 0.3) is 0 Å². The van der Waals surface area contributed by atoms with E-state index in [9.17, 15) is 19.2 Å². The van der Waals surface area contributed by atoms with E-state index < -0.39 is 18.3 Å². The van der Waals surface area contributed by atoms with Gasteiger partial charge in [-0.05, 0) is 158 Å². The maximum atomic E-state index is 12.0. The summed E-state index contributed by atoms with van der Waals surface area (Å²) < 4.78 is 26.6. The lowest BCUT2D eigenvalue weighted by Gasteiger charge is -2.10. The number of rotatable bonds is 16. The number of hydrogen-bond acceptors (Lipinski definition) is 13. The Morgan fingerprint density at radius 2 is 0.683 bits per heavy atom. The number of carbonyl (C=O) groups is 4. The van der Waals surface area contributed by atoms with Crippen LogP contribution >= 0.6 is 0 Å². The number of nitrogens with one attached hydrogen (secondary N) is 3. The number of anilines is 6. The van der Waals surface area contributed by atoms with E-state index in [0.717, 1.165) is 32.1 Å². The van der Waals surface area contributed by atoms with Gasteiger partial charge in [-0.3, -0.25) is 15.4 Å². The average Bonchev–Trinajstić information content (AvgIpc) is 3.26. The molecule has 0 unspecified atom stereocenters. The molecule has 0 aromatic heterocycles. The normalized spacial score (nSPS) is 10.2. The fourth-order valence-electron chi connectivity index (χ4n) is 5.43. The van der Waals surface area contributed by atoms with E-state index in [2.05, 4.69) is 16.0 Å². The molecule has 0 saturated heterocycles. The van der Waals surface area contributed by atoms with Crippen LogP contribution in [0.1, 0.15) is 38.5 Å². The molecule has 0 aliphatic rings. The van der Waals surface area contributed by atoms with E-state index >= 15 is 0 Å². The lowest BCUT2D eigenvalue weighted by molar-refractivity contribution is -0.134. The first-order chi connectivity index (χ1) is 30.4. The van der Waals surface area contributed by atoms with Crippen LogP contribution in [-0.4, -0.2) is 30.8 Å². The number of hydrogen-bond donors (Lipinski definition) is 7. The van der Waals surface area contributed by atoms with E-state index in [0.29, 0.717) is 81.6 Å². The second kappa shape index (κ2) is 24.0. The average molecular weight is 856 g/mol. The van der Waals surface area contributed by atoms with E-state index in [1.54, 1.807) is 146 Å². The van der Waals surface area contributed by atoms with E-state index in [-0.39, 0.29) is 5.97 Å². The molecule has 0 spiro atoms. The lowest BCUT2D eigenvalue weighted by atomic mass is 10.1. The molecule has 16 nitrogen and oxygen atoms in total. The van der Waals surface area contributed by atoms with Gasteiger partial charge in [0.15, 0.2) is 0 Å². The quantitative estimate of drug-likeness (QED) is 0.0207. The molecule has 0 radical (unpaired) electrons. The minimum absolute atomic E-state index is 0.239. The van der Waals surface area contributed by atoms with Gasteiger partial charge < -0.3 is 51.9 Å². The number of unbranched alkanes of at least 4 members (excludes halogenated alkanes) is 4. The maximum absolute atomic E-state index is 12.0. The molecule has 326 valence electrons. The number of esters is 1. The van der Waals surface area contributed by atoms with Crippen molar-refractivity contribution in [2.45, 2.75) is 38.5 Å². The van der Waals surface area contributed by atoms with Crippen molar-refractivity contribution in [2.24, 2.45) is 0 Å². The van der Waals surface area contributed by atoms with Gasteiger partial charge in [-0.1, -0.05) is 19.3 Å². The minimum atomic E-state index is -0.624. The molecule has 6 rings (SSSR count). The number of nitrogens with two attached hydrogens (primary N) is 4. The van der Waals surface area contributed by atoms with Crippen LogP contribution in [0.15, 0.2) is 146 Å². The van der Waals surface area contributed by atoms with Crippen molar-refractivity contribution in [3.8, 4) is 34.5 Å². The molecular formula is C47H49N7O9. The molecular weight excluding hydrogens is 807 g/mol. The summed E-state index contributed by atoms with van der Waals surface area (Å²) in [4.78, 5) is 47.5. The minimum Gasteiger partial charge on any atom is -0.457 e. The van der Waals surface area contributed by atoms with Crippen LogP contribution in [0, 0.1) is 0 Å². The summed E-state index contributed by atoms with van der Waals surface area (Å²) in [6.45, 7) is 0.549. The molecule has 0 fully saturated rings. The fourth-order valence-corrected chi connectivity index (χ4v) is 5.43. The summed E-state index contributed by atoms with van der Waals surface area (Å²) in [6.07, 6.45) is 3.19. The number of amides is 3. The third-order valence-electron chi connectivity index (χ3n) is 8.65. The molecule has 0 atom stereocenters. The zero-order valence-corrected chi connectivity index (χ0v) is 34.3. The number of benzene rings is 6. The first kappa shape index (κ1) is 45.7. The molecule has 11 N–H and O–H groups in total. The molecule has 6 aromatic carbocycles. The second-order valence-electron chi connectivity index (χ2n) is 13.8. The summed E-state index contributed by atoms with van der Waals surface area (Å²) in [7, 11) is 0. The Hall–Kier alpha value is -8.40. The monoisotopic (exact) mass is 855 g/mol. The highest BCUT2D eigenvalue weighted by Gasteiger charge is 2.09. The van der Waals surface area contributed by atoms with Crippen molar-refractivity contribution in [3.63, 3.8) is 0 Å². The summed E-state index contributed by atoms with van der Waals surface area (Å²) in [6, 6.07) is 39.9. The predicted octanol–water partition coefficient (Wildman–Crippen LogP) is 9.75. The van der Waals surface area contributed by atoms with Gasteiger partial charge in [0.2, 0.25) is 0 Å². The second-order valence-corrected chi connectivity index (χ2v) is 13.8. The first-order valence-corrected chi connectivity index (χ1v) is 19.9. The van der Waals surface area contributed by atoms with Gasteiger partial charge in [-0.25, -0.2) is 14.4 Å². The summed E-state index contributed by atoms with van der Waals surface area (Å²) in [5.74, 6) is 2.61. The van der Waals surface area contributed by atoms with Gasteiger partial charge >= 0.3 is 24.2 Å². The van der Waals surface area contributed by atoms with E-state index in [1.807, 2.05) is 0 Å². The topological polar surface area (TPSA) is 255 Å². The van der Waals surface area contributed by atoms with Crippen molar-refractivity contribution in [1.29, 1.82) is 0 Å². The summed E-state index contributed by atoms with van der Waals surface area (Å²) >= 11 is 0. The van der Waals surface area contributed by atoms with E-state index in [1.165, 1.54) is 0 Å². The zero-order chi connectivity index (χ0) is 44.8. The van der Waals surface area contributed by atoms with Crippen LogP contribution < -0.4 is 62.6 Å². The van der Waals surface area contributed by atoms with E-state index in [4.69, 9.17) is 46.6 Å². The van der Waals surface area contributed by atoms with Crippen LogP contribution in [-0.2, 0) is 4.79 Å². The van der Waals surface area contributed by atoms with Crippen LogP contribution in [0.2, 0.25) is 0 Å². The molecule has 3 amide bonds. The highest BCUT2D eigenvalue weighted by Crippen LogP contribution is 2.25. The first-order valence-electron chi connectivity index (χ1n) is 19.9. The zero-order valence-electron chi connectivity index (χ0n) is 34.3. The molecule has 6 aromatic rings. The van der Waals surface area contributed by atoms with Crippen LogP contribution in [0.3, 0.4) is 0 Å². The fraction of sp³-hybridized carbons (Fsp3) is 0.149. The SMILES string of the molecule is Nc1ccc(OC(=O)CCCCCCCNC(=O)Oc2ccc(N)cc2)cc1.Nc1ccc(OC(=O)Nc2ccc(Oc3ccc(NC(=O)Oc4ccc(N)cc4)cc3)cc2)cc1. The standard InChI is InChI=1S/C26H22N4O5.C21H27N3O4/c27-17-1-9-23(10-2-17)34-25(31)29-19-5-13-21(14-6-19)33-22-15-7-20(8-16-22)30-26(32)35-24-11-3-18(28)4-12-24;22-16-7-11-18(12-8-16)27-20(25)6-4-2-1-3-5-15-24-21(26)28-19-13-9-17(23)10-14-19/h1-16H,27-28H2,(H,29,31)(H,30,32);7-14H,1-6,15,22-23H2,(H,24,26). The third kappa shape index (κ3) is 17.4. The van der Waals surface area contributed by atoms with Gasteiger partial charge in [0.25, 0.3) is 0 Å². The smallest absolute Gasteiger partial charge is 0.417 e. The van der Waals surface area contributed by atoms with Crippen molar-refractivity contribution < 1.29 is 42.9 Å². The van der Waals surface area contributed by atoms with Gasteiger partial charge in [-0.2, -0.15) is 0 Å². The lowest BCUT2D eigenvalue weighted by Crippen LogP contribution is -2.27. The summed E-state index contributed by atoms with van der Waals surface area (Å²) in [5, 5.41) is 7.98. The Balaban J connectivity index is 0.000000244. The number of nitrogen functional groups attached to an aromatic ring is 4. The Bertz CT molecular complexity index is 2190. The Morgan fingerprint density at radius 3 is 1.08 bits per heavy atom. The van der Waals surface area contributed by atoms with Crippen molar-refractivity contribution in [1.82, 2.24) is 5.32 Å². The number of ether oxygens (including phenoxy) is 5. The van der Waals surface area contributed by atoms with Crippen LogP contribution in [0.4, 0.5) is 48.5 Å². The Kier molecular flexibility index (Phi) is 17.4. The molecule has 16 heteroatoms. The highest BCUT2D eigenvalue weighted by molar-refractivity contribution is 5.87. The molecule has 0 aliphatic heterocycles. The van der Waals surface area contributed by atoms with Crippen molar-refractivity contribution in [2.75, 3.05) is 40.1 Å². The number of carbonyl (C=O) groups excluding carboxylic acids is 4. The molecule has 0 bridgehead atoms. The molecule has 0 aliphatic carbocycles. The summed E-state index contributed by atoms with van der Waals surface area (Å²) in [5.41, 5.74) is 25.9. The Morgan fingerprint density at radius 1 is 0.365 bits per heavy atom. The largest absolute Gasteiger partial charge is 0.457 e. The Labute approximate surface area is 364 Å². The molecule has 0 heterocycles. The molecule has 0 saturated carbocycles. The predicted molar refractivity (Wildman–Crippen MR) is 243 cm³/mol. The molecule has 63 heavy (non-hydrogen) atoms. The van der Waals surface area contributed by atoms with Gasteiger partial charge in [0.05, 0.1) is 0 Å². The van der Waals surface area contributed by atoms with Gasteiger partial charge in [0.1, 0.15) is 34.5 Å². The van der Waals surface area contributed by atoms with Gasteiger partial charge in [-0.15, -0.1) is 0 Å².